The summed E-state index contributed by atoms with van der Waals surface area (Å²) in [5.41, 5.74) is -0.469. The molecule has 1 saturated heterocycles. The normalized spacial score (nSPS) is 22.4. The average Bonchev–Trinajstić information content (AvgIpc) is 2.48. The molecule has 102 valence electrons. The largest absolute Gasteiger partial charge is 0.461 e. The molecule has 0 N–H and O–H groups in total. The van der Waals surface area contributed by atoms with Gasteiger partial charge in [0.05, 0.1) is 11.2 Å². The third-order valence-electron chi connectivity index (χ3n) is 3.94. The van der Waals surface area contributed by atoms with Crippen molar-refractivity contribution in [2.24, 2.45) is 0 Å². The van der Waals surface area contributed by atoms with Crippen LogP contribution in [0.2, 0.25) is 5.82 Å². The highest BCUT2D eigenvalue weighted by atomic mass is 16.7. The van der Waals surface area contributed by atoms with Crippen molar-refractivity contribution in [1.82, 2.24) is 0 Å². The van der Waals surface area contributed by atoms with Gasteiger partial charge < -0.3 is 9.31 Å². The van der Waals surface area contributed by atoms with E-state index in [9.17, 15) is 0 Å². The zero-order valence-electron chi connectivity index (χ0n) is 12.8. The predicted octanol–water partition coefficient (Wildman–Crippen LogP) is 4.05. The van der Waals surface area contributed by atoms with E-state index in [0.717, 1.165) is 12.8 Å². The molecule has 0 aromatic carbocycles. The number of hydrogen-bond donors (Lipinski definition) is 0. The molecule has 0 saturated carbocycles. The highest BCUT2D eigenvalue weighted by molar-refractivity contribution is 6.47. The van der Waals surface area contributed by atoms with Crippen LogP contribution in [-0.4, -0.2) is 18.3 Å². The lowest BCUT2D eigenvalue weighted by Crippen LogP contribution is -2.41. The minimum atomic E-state index is -0.235. The first-order valence-corrected chi connectivity index (χ1v) is 7.11. The Bertz CT molecular complexity index is 309. The van der Waals surface area contributed by atoms with Crippen LogP contribution in [0, 0.1) is 11.8 Å². The van der Waals surface area contributed by atoms with Crippen LogP contribution >= 0.6 is 0 Å². The van der Waals surface area contributed by atoms with Crippen LogP contribution in [0.15, 0.2) is 0 Å². The zero-order chi connectivity index (χ0) is 13.8. The second-order valence-corrected chi connectivity index (χ2v) is 6.26. The van der Waals surface area contributed by atoms with E-state index in [1.54, 1.807) is 0 Å². The molecule has 0 amide bonds. The third-order valence-corrected chi connectivity index (χ3v) is 3.94. The molecular formula is C15H27BO2. The van der Waals surface area contributed by atoms with Gasteiger partial charge in [0.1, 0.15) is 0 Å². The van der Waals surface area contributed by atoms with Crippen LogP contribution in [0.4, 0.5) is 0 Å². The Labute approximate surface area is 113 Å². The van der Waals surface area contributed by atoms with E-state index in [-0.39, 0.29) is 18.3 Å². The Balaban J connectivity index is 2.44. The first-order chi connectivity index (χ1) is 8.30. The van der Waals surface area contributed by atoms with Crippen LogP contribution < -0.4 is 0 Å². The number of rotatable bonds is 4. The van der Waals surface area contributed by atoms with E-state index in [1.807, 2.05) is 0 Å². The molecule has 1 aliphatic rings. The summed E-state index contributed by atoms with van der Waals surface area (Å²) in [4.78, 5) is 0. The lowest BCUT2D eigenvalue weighted by atomic mass is 9.71. The third kappa shape index (κ3) is 3.77. The van der Waals surface area contributed by atoms with E-state index in [0.29, 0.717) is 5.82 Å². The smallest absolute Gasteiger partial charge is 0.403 e. The first kappa shape index (κ1) is 15.6. The molecule has 2 nitrogen and oxygen atoms in total. The van der Waals surface area contributed by atoms with Gasteiger partial charge in [0.15, 0.2) is 0 Å². The standard InChI is InChI=1S/C15H27BO2/c1-7-8-9-10-11-12-13(2)16-17-14(3,4)15(5,6)18-16/h13H,7-9,12H2,1-6H3. The van der Waals surface area contributed by atoms with Gasteiger partial charge in [-0.1, -0.05) is 20.3 Å². The summed E-state index contributed by atoms with van der Waals surface area (Å²) in [5.74, 6) is 6.78. The van der Waals surface area contributed by atoms with Crippen LogP contribution in [0.1, 0.15) is 67.2 Å². The summed E-state index contributed by atoms with van der Waals surface area (Å²) in [6, 6.07) is 0. The van der Waals surface area contributed by atoms with Crippen molar-refractivity contribution in [1.29, 1.82) is 0 Å². The van der Waals surface area contributed by atoms with Crippen LogP contribution in [0.5, 0.6) is 0 Å². The van der Waals surface area contributed by atoms with Crippen LogP contribution in [0.25, 0.3) is 0 Å². The Morgan fingerprint density at radius 1 is 1.06 bits per heavy atom. The average molecular weight is 250 g/mol. The van der Waals surface area contributed by atoms with Crippen molar-refractivity contribution in [3.05, 3.63) is 0 Å². The van der Waals surface area contributed by atoms with E-state index >= 15 is 0 Å². The molecule has 3 heteroatoms. The molecule has 0 radical (unpaired) electrons. The highest BCUT2D eigenvalue weighted by Gasteiger charge is 2.52. The minimum Gasteiger partial charge on any atom is -0.403 e. The van der Waals surface area contributed by atoms with Gasteiger partial charge in [-0.2, -0.15) is 0 Å². The molecule has 1 atom stereocenters. The molecule has 0 bridgehead atoms. The Morgan fingerprint density at radius 2 is 1.61 bits per heavy atom. The molecular weight excluding hydrogens is 223 g/mol. The lowest BCUT2D eigenvalue weighted by Gasteiger charge is -2.32. The summed E-state index contributed by atoms with van der Waals surface area (Å²) in [6.07, 6.45) is 4.26. The van der Waals surface area contributed by atoms with E-state index in [2.05, 4.69) is 53.4 Å². The van der Waals surface area contributed by atoms with Crippen molar-refractivity contribution in [2.45, 2.75) is 84.2 Å². The maximum Gasteiger partial charge on any atom is 0.461 e. The van der Waals surface area contributed by atoms with E-state index in [4.69, 9.17) is 9.31 Å². The van der Waals surface area contributed by atoms with Crippen molar-refractivity contribution in [2.75, 3.05) is 0 Å². The van der Waals surface area contributed by atoms with E-state index in [1.165, 1.54) is 12.8 Å². The zero-order valence-corrected chi connectivity index (χ0v) is 12.8. The second kappa shape index (κ2) is 6.13. The van der Waals surface area contributed by atoms with Gasteiger partial charge in [0.2, 0.25) is 0 Å². The fourth-order valence-corrected chi connectivity index (χ4v) is 1.80. The number of hydrogen-bond acceptors (Lipinski definition) is 2. The summed E-state index contributed by atoms with van der Waals surface area (Å²) in [5, 5.41) is 0. The molecule has 1 fully saturated rings. The van der Waals surface area contributed by atoms with Crippen molar-refractivity contribution >= 4 is 7.12 Å². The molecule has 1 rings (SSSR count). The molecule has 1 heterocycles. The number of unbranched alkanes of at least 4 members (excludes halogenated alkanes) is 2. The predicted molar refractivity (Wildman–Crippen MR) is 77.4 cm³/mol. The fourth-order valence-electron chi connectivity index (χ4n) is 1.80. The second-order valence-electron chi connectivity index (χ2n) is 6.26. The molecule has 0 aromatic rings. The summed E-state index contributed by atoms with van der Waals surface area (Å²) in [7, 11) is -0.129. The molecule has 1 unspecified atom stereocenters. The maximum atomic E-state index is 6.01. The van der Waals surface area contributed by atoms with Gasteiger partial charge in [-0.3, -0.25) is 0 Å². The summed E-state index contributed by atoms with van der Waals surface area (Å²) < 4.78 is 12.0. The van der Waals surface area contributed by atoms with Crippen molar-refractivity contribution in [3.63, 3.8) is 0 Å². The van der Waals surface area contributed by atoms with Gasteiger partial charge in [-0.05, 0) is 34.1 Å². The van der Waals surface area contributed by atoms with Crippen LogP contribution in [0.3, 0.4) is 0 Å². The van der Waals surface area contributed by atoms with Gasteiger partial charge in [-0.15, -0.1) is 11.8 Å². The van der Waals surface area contributed by atoms with Gasteiger partial charge in [-0.25, -0.2) is 0 Å². The molecule has 0 spiro atoms. The van der Waals surface area contributed by atoms with Crippen molar-refractivity contribution < 1.29 is 9.31 Å². The molecule has 18 heavy (non-hydrogen) atoms. The summed E-state index contributed by atoms with van der Waals surface area (Å²) >= 11 is 0. The highest BCUT2D eigenvalue weighted by Crippen LogP contribution is 2.40. The first-order valence-electron chi connectivity index (χ1n) is 7.11. The SMILES string of the molecule is CCCCC#CCC(C)B1OC(C)(C)C(C)(C)O1. The fraction of sp³-hybridized carbons (Fsp3) is 0.867. The van der Waals surface area contributed by atoms with Crippen LogP contribution in [-0.2, 0) is 9.31 Å². The van der Waals surface area contributed by atoms with Gasteiger partial charge >= 0.3 is 7.12 Å². The molecule has 1 aliphatic heterocycles. The Hall–Kier alpha value is -0.455. The quantitative estimate of drug-likeness (QED) is 0.425. The van der Waals surface area contributed by atoms with Gasteiger partial charge in [0, 0.05) is 18.7 Å². The Kier molecular flexibility index (Phi) is 5.31. The lowest BCUT2D eigenvalue weighted by molar-refractivity contribution is 0.00578. The molecule has 0 aliphatic carbocycles. The van der Waals surface area contributed by atoms with Gasteiger partial charge in [0.25, 0.3) is 0 Å². The maximum absolute atomic E-state index is 6.01. The minimum absolute atomic E-state index is 0.129. The Morgan fingerprint density at radius 3 is 2.11 bits per heavy atom. The monoisotopic (exact) mass is 250 g/mol. The van der Waals surface area contributed by atoms with E-state index < -0.39 is 0 Å². The topological polar surface area (TPSA) is 18.5 Å². The molecule has 0 aromatic heterocycles. The summed E-state index contributed by atoms with van der Waals surface area (Å²) in [6.45, 7) is 12.7. The van der Waals surface area contributed by atoms with Crippen molar-refractivity contribution in [3.8, 4) is 11.8 Å².